The summed E-state index contributed by atoms with van der Waals surface area (Å²) in [7, 11) is 0. The molecule has 0 radical (unpaired) electrons. The number of amides is 2. The van der Waals surface area contributed by atoms with Crippen molar-refractivity contribution in [2.75, 3.05) is 5.32 Å². The molecule has 1 aliphatic heterocycles. The Hall–Kier alpha value is -3.14. The van der Waals surface area contributed by atoms with Gasteiger partial charge in [-0.15, -0.1) is 0 Å². The summed E-state index contributed by atoms with van der Waals surface area (Å²) in [5, 5.41) is 10.9. The molecule has 24 heavy (non-hydrogen) atoms. The second-order valence-electron chi connectivity index (χ2n) is 5.76. The maximum atomic E-state index is 12.7. The predicted molar refractivity (Wildman–Crippen MR) is 97.1 cm³/mol. The highest BCUT2D eigenvalue weighted by Crippen LogP contribution is 2.29. The van der Waals surface area contributed by atoms with Crippen LogP contribution in [0.4, 0.5) is 10.5 Å². The van der Waals surface area contributed by atoms with Gasteiger partial charge in [0.2, 0.25) is 0 Å². The van der Waals surface area contributed by atoms with Crippen LogP contribution in [-0.4, -0.2) is 17.3 Å². The normalized spacial score (nSPS) is 16.5. The minimum atomic E-state index is -0.214. The SMILES string of the molecule is O=C(Nc1cccc2ccccc12)N1N=CC[C@H]1c1ccccc1. The predicted octanol–water partition coefficient (Wildman–Crippen LogP) is 4.80. The van der Waals surface area contributed by atoms with Gasteiger partial charge in [-0.25, -0.2) is 9.80 Å². The van der Waals surface area contributed by atoms with E-state index in [1.165, 1.54) is 5.01 Å². The minimum Gasteiger partial charge on any atom is -0.306 e. The summed E-state index contributed by atoms with van der Waals surface area (Å²) < 4.78 is 0. The number of carbonyl (C=O) groups is 1. The van der Waals surface area contributed by atoms with E-state index in [-0.39, 0.29) is 12.1 Å². The largest absolute Gasteiger partial charge is 0.342 e. The Morgan fingerprint density at radius 2 is 1.71 bits per heavy atom. The third-order valence-electron chi connectivity index (χ3n) is 4.25. The summed E-state index contributed by atoms with van der Waals surface area (Å²) in [4.78, 5) is 12.7. The number of rotatable bonds is 2. The first-order chi connectivity index (χ1) is 11.8. The van der Waals surface area contributed by atoms with Crippen LogP contribution in [0.1, 0.15) is 18.0 Å². The number of hydrogen-bond donors (Lipinski definition) is 1. The molecule has 2 amide bonds. The maximum Gasteiger partial charge on any atom is 0.342 e. The molecule has 0 aromatic heterocycles. The molecule has 1 aliphatic rings. The fourth-order valence-corrected chi connectivity index (χ4v) is 3.07. The van der Waals surface area contributed by atoms with Crippen molar-refractivity contribution in [1.82, 2.24) is 5.01 Å². The first-order valence-electron chi connectivity index (χ1n) is 7.98. The van der Waals surface area contributed by atoms with Crippen molar-refractivity contribution < 1.29 is 4.79 Å². The second-order valence-corrected chi connectivity index (χ2v) is 5.76. The molecule has 0 unspecified atom stereocenters. The standard InChI is InChI=1S/C20H17N3O/c24-20(22-18-12-6-10-15-7-4-5-11-17(15)18)23-19(13-14-21-23)16-8-2-1-3-9-16/h1-12,14,19H,13H2,(H,22,24)/t19-/m0/s1. The number of benzene rings is 3. The molecule has 0 bridgehead atoms. The molecule has 0 spiro atoms. The lowest BCUT2D eigenvalue weighted by Gasteiger charge is -2.23. The van der Waals surface area contributed by atoms with Crippen molar-refractivity contribution in [3.8, 4) is 0 Å². The molecule has 4 rings (SSSR count). The molecular formula is C20H17N3O. The average molecular weight is 315 g/mol. The van der Waals surface area contributed by atoms with E-state index < -0.39 is 0 Å². The molecule has 1 heterocycles. The van der Waals surface area contributed by atoms with Crippen LogP contribution in [0.15, 0.2) is 77.9 Å². The number of urea groups is 1. The number of nitrogens with zero attached hydrogens (tertiary/aromatic N) is 2. The van der Waals surface area contributed by atoms with Gasteiger partial charge in [0.1, 0.15) is 0 Å². The molecule has 1 N–H and O–H groups in total. The van der Waals surface area contributed by atoms with Crippen molar-refractivity contribution in [3.05, 3.63) is 78.4 Å². The zero-order chi connectivity index (χ0) is 16.4. The van der Waals surface area contributed by atoms with Crippen molar-refractivity contribution >= 4 is 28.7 Å². The molecule has 0 aliphatic carbocycles. The van der Waals surface area contributed by atoms with E-state index in [1.54, 1.807) is 6.21 Å². The fourth-order valence-electron chi connectivity index (χ4n) is 3.07. The van der Waals surface area contributed by atoms with Gasteiger partial charge >= 0.3 is 6.03 Å². The first-order valence-corrected chi connectivity index (χ1v) is 7.98. The van der Waals surface area contributed by atoms with Crippen molar-refractivity contribution in [1.29, 1.82) is 0 Å². The van der Waals surface area contributed by atoms with E-state index in [1.807, 2.05) is 72.8 Å². The summed E-state index contributed by atoms with van der Waals surface area (Å²) >= 11 is 0. The summed E-state index contributed by atoms with van der Waals surface area (Å²) in [6.45, 7) is 0. The van der Waals surface area contributed by atoms with Crippen molar-refractivity contribution in [3.63, 3.8) is 0 Å². The van der Waals surface area contributed by atoms with Gasteiger partial charge in [0.25, 0.3) is 0 Å². The Labute approximate surface area is 140 Å². The summed E-state index contributed by atoms with van der Waals surface area (Å²) in [5.41, 5.74) is 1.88. The molecule has 4 nitrogen and oxygen atoms in total. The number of nitrogens with one attached hydrogen (secondary N) is 1. The zero-order valence-corrected chi connectivity index (χ0v) is 13.1. The van der Waals surface area contributed by atoms with E-state index in [2.05, 4.69) is 10.4 Å². The fraction of sp³-hybridized carbons (Fsp3) is 0.100. The van der Waals surface area contributed by atoms with Gasteiger partial charge in [-0.1, -0.05) is 66.7 Å². The Balaban J connectivity index is 1.60. The zero-order valence-electron chi connectivity index (χ0n) is 13.1. The molecule has 0 saturated heterocycles. The van der Waals surface area contributed by atoms with Crippen LogP contribution < -0.4 is 5.32 Å². The highest BCUT2D eigenvalue weighted by Gasteiger charge is 2.28. The van der Waals surface area contributed by atoms with Crippen LogP contribution in [0.25, 0.3) is 10.8 Å². The summed E-state index contributed by atoms with van der Waals surface area (Å²) in [6, 6.07) is 23.6. The average Bonchev–Trinajstić information content (AvgIpc) is 3.13. The molecule has 3 aromatic rings. The van der Waals surface area contributed by atoms with Gasteiger partial charge in [0, 0.05) is 18.0 Å². The molecule has 118 valence electrons. The Morgan fingerprint density at radius 3 is 2.58 bits per heavy atom. The number of hydrogen-bond acceptors (Lipinski definition) is 2. The van der Waals surface area contributed by atoms with E-state index >= 15 is 0 Å². The van der Waals surface area contributed by atoms with Gasteiger partial charge in [0.15, 0.2) is 0 Å². The number of fused-ring (bicyclic) bond motifs is 1. The quantitative estimate of drug-likeness (QED) is 0.725. The first kappa shape index (κ1) is 14.5. The smallest absolute Gasteiger partial charge is 0.306 e. The van der Waals surface area contributed by atoms with E-state index in [9.17, 15) is 4.79 Å². The van der Waals surface area contributed by atoms with Crippen LogP contribution in [0.2, 0.25) is 0 Å². The lowest BCUT2D eigenvalue weighted by molar-refractivity contribution is 0.200. The van der Waals surface area contributed by atoms with E-state index in [0.717, 1.165) is 28.4 Å². The lowest BCUT2D eigenvalue weighted by atomic mass is 10.1. The van der Waals surface area contributed by atoms with Gasteiger partial charge in [-0.3, -0.25) is 0 Å². The van der Waals surface area contributed by atoms with Gasteiger partial charge in [0.05, 0.1) is 11.7 Å². The Morgan fingerprint density at radius 1 is 0.958 bits per heavy atom. The molecular weight excluding hydrogens is 298 g/mol. The van der Waals surface area contributed by atoms with Crippen LogP contribution in [-0.2, 0) is 0 Å². The summed E-state index contributed by atoms with van der Waals surface area (Å²) in [6.07, 6.45) is 2.52. The molecule has 3 aromatic carbocycles. The Bertz CT molecular complexity index is 900. The molecule has 1 atom stereocenters. The number of carbonyl (C=O) groups excluding carboxylic acids is 1. The van der Waals surface area contributed by atoms with E-state index in [4.69, 9.17) is 0 Å². The van der Waals surface area contributed by atoms with Crippen LogP contribution in [0.5, 0.6) is 0 Å². The van der Waals surface area contributed by atoms with Crippen LogP contribution >= 0.6 is 0 Å². The van der Waals surface area contributed by atoms with Gasteiger partial charge in [-0.2, -0.15) is 5.10 Å². The highest BCUT2D eigenvalue weighted by atomic mass is 16.2. The number of anilines is 1. The lowest BCUT2D eigenvalue weighted by Crippen LogP contribution is -2.31. The highest BCUT2D eigenvalue weighted by molar-refractivity contribution is 6.01. The van der Waals surface area contributed by atoms with Crippen molar-refractivity contribution in [2.24, 2.45) is 5.10 Å². The maximum absolute atomic E-state index is 12.7. The van der Waals surface area contributed by atoms with Crippen LogP contribution in [0, 0.1) is 0 Å². The molecule has 4 heteroatoms. The third kappa shape index (κ3) is 2.63. The van der Waals surface area contributed by atoms with Gasteiger partial charge in [-0.05, 0) is 17.0 Å². The van der Waals surface area contributed by atoms with Crippen LogP contribution in [0.3, 0.4) is 0 Å². The monoisotopic (exact) mass is 315 g/mol. The molecule has 0 saturated carbocycles. The Kier molecular flexibility index (Phi) is 3.71. The second kappa shape index (κ2) is 6.16. The summed E-state index contributed by atoms with van der Waals surface area (Å²) in [5.74, 6) is 0. The third-order valence-corrected chi connectivity index (χ3v) is 4.25. The molecule has 0 fully saturated rings. The van der Waals surface area contributed by atoms with E-state index in [0.29, 0.717) is 0 Å². The van der Waals surface area contributed by atoms with Gasteiger partial charge < -0.3 is 5.32 Å². The topological polar surface area (TPSA) is 44.7 Å². The number of hydrazone groups is 1. The minimum absolute atomic E-state index is 0.0545. The van der Waals surface area contributed by atoms with Crippen molar-refractivity contribution in [2.45, 2.75) is 12.5 Å².